The molecule has 1 aromatic rings. The van der Waals surface area contributed by atoms with Crippen LogP contribution >= 0.6 is 0 Å². The van der Waals surface area contributed by atoms with Gasteiger partial charge in [-0.15, -0.1) is 0 Å². The van der Waals surface area contributed by atoms with Gasteiger partial charge in [-0.2, -0.15) is 0 Å². The van der Waals surface area contributed by atoms with Gasteiger partial charge in [-0.1, -0.05) is 20.8 Å². The van der Waals surface area contributed by atoms with Gasteiger partial charge in [-0.05, 0) is 25.3 Å². The average molecular weight is 260 g/mol. The fourth-order valence-electron chi connectivity index (χ4n) is 3.04. The third-order valence-corrected chi connectivity index (χ3v) is 4.22. The van der Waals surface area contributed by atoms with Crippen molar-refractivity contribution in [1.29, 1.82) is 0 Å². The molecule has 4 heteroatoms. The topological polar surface area (TPSA) is 41.1 Å². The maximum atomic E-state index is 4.78. The average Bonchev–Trinajstić information content (AvgIpc) is 2.68. The summed E-state index contributed by atoms with van der Waals surface area (Å²) in [6.45, 7) is 8.72. The van der Waals surface area contributed by atoms with Gasteiger partial charge in [-0.3, -0.25) is 0 Å². The van der Waals surface area contributed by atoms with Crippen molar-refractivity contribution in [3.05, 3.63) is 18.0 Å². The normalized spacial score (nSPS) is 27.4. The molecule has 104 valence electrons. The Labute approximate surface area is 115 Å². The number of hydrogen-bond acceptors (Lipinski definition) is 4. The monoisotopic (exact) mass is 260 g/mol. The van der Waals surface area contributed by atoms with Gasteiger partial charge < -0.3 is 10.2 Å². The number of hydrogen-bond donors (Lipinski definition) is 1. The maximum absolute atomic E-state index is 4.78. The summed E-state index contributed by atoms with van der Waals surface area (Å²) in [4.78, 5) is 11.6. The van der Waals surface area contributed by atoms with E-state index in [2.05, 4.69) is 36.0 Å². The minimum Gasteiger partial charge on any atom is -0.339 e. The van der Waals surface area contributed by atoms with Crippen LogP contribution in [0.3, 0.4) is 0 Å². The predicted molar refractivity (Wildman–Crippen MR) is 77.5 cm³/mol. The Bertz CT molecular complexity index is 452. The molecule has 2 saturated heterocycles. The van der Waals surface area contributed by atoms with Gasteiger partial charge in [0.05, 0.1) is 5.69 Å². The van der Waals surface area contributed by atoms with Crippen LogP contribution in [0.15, 0.2) is 12.3 Å². The zero-order valence-corrected chi connectivity index (χ0v) is 12.2. The maximum Gasteiger partial charge on any atom is 0.225 e. The molecule has 0 aromatic carbocycles. The van der Waals surface area contributed by atoms with Crippen LogP contribution in [-0.4, -0.2) is 35.1 Å². The van der Waals surface area contributed by atoms with Gasteiger partial charge >= 0.3 is 0 Å². The molecule has 2 aliphatic rings. The lowest BCUT2D eigenvalue weighted by molar-refractivity contribution is 0.560. The van der Waals surface area contributed by atoms with Gasteiger partial charge in [0.1, 0.15) is 0 Å². The first-order valence-electron chi connectivity index (χ1n) is 7.37. The zero-order chi connectivity index (χ0) is 13.5. The van der Waals surface area contributed by atoms with Crippen LogP contribution < -0.4 is 10.2 Å². The van der Waals surface area contributed by atoms with E-state index in [1.54, 1.807) is 0 Å². The molecule has 0 radical (unpaired) electrons. The molecule has 0 aliphatic carbocycles. The summed E-state index contributed by atoms with van der Waals surface area (Å²) in [6, 6.07) is 3.36. The van der Waals surface area contributed by atoms with Crippen LogP contribution in [0.2, 0.25) is 0 Å². The van der Waals surface area contributed by atoms with E-state index in [1.165, 1.54) is 19.3 Å². The third-order valence-electron chi connectivity index (χ3n) is 4.22. The van der Waals surface area contributed by atoms with E-state index in [-0.39, 0.29) is 5.41 Å². The number of nitrogens with one attached hydrogen (secondary N) is 1. The third kappa shape index (κ3) is 2.73. The minimum atomic E-state index is 0.0841. The minimum absolute atomic E-state index is 0.0841. The van der Waals surface area contributed by atoms with Crippen LogP contribution in [0.4, 0.5) is 5.95 Å². The van der Waals surface area contributed by atoms with E-state index in [4.69, 9.17) is 4.98 Å². The van der Waals surface area contributed by atoms with E-state index in [0.29, 0.717) is 12.1 Å². The molecule has 1 N–H and O–H groups in total. The summed E-state index contributed by atoms with van der Waals surface area (Å²) < 4.78 is 0. The lowest BCUT2D eigenvalue weighted by Gasteiger charge is -2.26. The number of nitrogens with zero attached hydrogens (tertiary/aromatic N) is 3. The second kappa shape index (κ2) is 4.75. The van der Waals surface area contributed by atoms with Crippen molar-refractivity contribution in [2.45, 2.75) is 57.5 Å². The molecular weight excluding hydrogens is 236 g/mol. The number of rotatable bonds is 1. The van der Waals surface area contributed by atoms with Gasteiger partial charge in [0.2, 0.25) is 5.95 Å². The van der Waals surface area contributed by atoms with Crippen LogP contribution in [-0.2, 0) is 5.41 Å². The van der Waals surface area contributed by atoms with Crippen molar-refractivity contribution in [3.8, 4) is 0 Å². The van der Waals surface area contributed by atoms with Crippen molar-refractivity contribution < 1.29 is 0 Å². The molecule has 2 fully saturated rings. The lowest BCUT2D eigenvalue weighted by Crippen LogP contribution is -2.36. The molecule has 1 aromatic heterocycles. The smallest absolute Gasteiger partial charge is 0.225 e. The summed E-state index contributed by atoms with van der Waals surface area (Å²) >= 11 is 0. The van der Waals surface area contributed by atoms with Gasteiger partial charge in [0.15, 0.2) is 0 Å². The fourth-order valence-corrected chi connectivity index (χ4v) is 3.04. The molecule has 2 atom stereocenters. The molecule has 4 nitrogen and oxygen atoms in total. The molecule has 2 aliphatic heterocycles. The van der Waals surface area contributed by atoms with E-state index in [9.17, 15) is 0 Å². The Balaban J connectivity index is 1.82. The van der Waals surface area contributed by atoms with Gasteiger partial charge in [0, 0.05) is 36.8 Å². The Kier molecular flexibility index (Phi) is 3.21. The number of fused-ring (bicyclic) bond motifs is 2. The Morgan fingerprint density at radius 1 is 1.21 bits per heavy atom. The van der Waals surface area contributed by atoms with Gasteiger partial charge in [0.25, 0.3) is 0 Å². The first kappa shape index (κ1) is 12.9. The highest BCUT2D eigenvalue weighted by molar-refractivity contribution is 5.33. The van der Waals surface area contributed by atoms with Crippen molar-refractivity contribution >= 4 is 5.95 Å². The second-order valence-electron chi connectivity index (χ2n) is 6.86. The first-order valence-corrected chi connectivity index (χ1v) is 7.37. The SMILES string of the molecule is CC(C)(C)c1ccnc(N2CCC3CCC(C2)N3)n1. The largest absolute Gasteiger partial charge is 0.339 e. The van der Waals surface area contributed by atoms with Crippen LogP contribution in [0.1, 0.15) is 45.7 Å². The fraction of sp³-hybridized carbons (Fsp3) is 0.733. The highest BCUT2D eigenvalue weighted by Crippen LogP contribution is 2.25. The molecule has 3 heterocycles. The highest BCUT2D eigenvalue weighted by atomic mass is 15.3. The molecule has 3 rings (SSSR count). The second-order valence-corrected chi connectivity index (χ2v) is 6.86. The summed E-state index contributed by atoms with van der Waals surface area (Å²) in [5, 5.41) is 3.70. The highest BCUT2D eigenvalue weighted by Gasteiger charge is 2.30. The molecule has 0 amide bonds. The van der Waals surface area contributed by atoms with Gasteiger partial charge in [-0.25, -0.2) is 9.97 Å². The van der Waals surface area contributed by atoms with Crippen molar-refractivity contribution in [2.75, 3.05) is 18.0 Å². The Morgan fingerprint density at radius 2 is 2.00 bits per heavy atom. The van der Waals surface area contributed by atoms with Crippen molar-refractivity contribution in [3.63, 3.8) is 0 Å². The molecule has 2 unspecified atom stereocenters. The molecular formula is C15H24N4. The first-order chi connectivity index (χ1) is 9.02. The van der Waals surface area contributed by atoms with Crippen LogP contribution in [0, 0.1) is 0 Å². The number of anilines is 1. The van der Waals surface area contributed by atoms with Crippen molar-refractivity contribution in [2.24, 2.45) is 0 Å². The van der Waals surface area contributed by atoms with E-state index in [0.717, 1.165) is 24.7 Å². The quantitative estimate of drug-likeness (QED) is 0.839. The molecule has 0 spiro atoms. The Morgan fingerprint density at radius 3 is 2.79 bits per heavy atom. The summed E-state index contributed by atoms with van der Waals surface area (Å²) in [5.74, 6) is 0.904. The van der Waals surface area contributed by atoms with E-state index in [1.807, 2.05) is 12.3 Å². The Hall–Kier alpha value is -1.16. The van der Waals surface area contributed by atoms with Crippen molar-refractivity contribution in [1.82, 2.24) is 15.3 Å². The summed E-state index contributed by atoms with van der Waals surface area (Å²) in [5.41, 5.74) is 1.21. The van der Waals surface area contributed by atoms with E-state index >= 15 is 0 Å². The molecule has 2 bridgehead atoms. The molecule has 19 heavy (non-hydrogen) atoms. The molecule has 0 saturated carbocycles. The summed E-state index contributed by atoms with van der Waals surface area (Å²) in [7, 11) is 0. The van der Waals surface area contributed by atoms with E-state index < -0.39 is 0 Å². The summed E-state index contributed by atoms with van der Waals surface area (Å²) in [6.07, 6.45) is 5.74. The predicted octanol–water partition coefficient (Wildman–Crippen LogP) is 2.10. The van der Waals surface area contributed by atoms with Crippen LogP contribution in [0.25, 0.3) is 0 Å². The van der Waals surface area contributed by atoms with Crippen LogP contribution in [0.5, 0.6) is 0 Å². The lowest BCUT2D eigenvalue weighted by atomic mass is 9.92. The standard InChI is InChI=1S/C15H24N4/c1-15(2,3)13-6-8-16-14(18-13)19-9-7-11-4-5-12(10-19)17-11/h6,8,11-12,17H,4-5,7,9-10H2,1-3H3. The zero-order valence-electron chi connectivity index (χ0n) is 12.2. The number of aromatic nitrogens is 2.